The molecule has 2 rings (SSSR count). The van der Waals surface area contributed by atoms with E-state index in [9.17, 15) is 13.6 Å². The fourth-order valence-corrected chi connectivity index (χ4v) is 2.02. The van der Waals surface area contributed by atoms with E-state index >= 15 is 0 Å². The van der Waals surface area contributed by atoms with Crippen LogP contribution < -0.4 is 5.01 Å². The van der Waals surface area contributed by atoms with E-state index in [4.69, 9.17) is 9.47 Å². The van der Waals surface area contributed by atoms with Gasteiger partial charge in [-0.1, -0.05) is 0 Å². The zero-order valence-corrected chi connectivity index (χ0v) is 11.8. The molecule has 0 spiro atoms. The van der Waals surface area contributed by atoms with E-state index in [0.29, 0.717) is 6.61 Å². The number of hydrazone groups is 1. The van der Waals surface area contributed by atoms with Crippen molar-refractivity contribution in [3.63, 3.8) is 0 Å². The molecule has 114 valence electrons. The van der Waals surface area contributed by atoms with Crippen LogP contribution in [-0.4, -0.2) is 31.1 Å². The largest absolute Gasteiger partial charge is 0.461 e. The smallest absolute Gasteiger partial charge is 0.354 e. The first-order valence-corrected chi connectivity index (χ1v) is 6.67. The van der Waals surface area contributed by atoms with Crippen molar-refractivity contribution in [3.8, 4) is 0 Å². The summed E-state index contributed by atoms with van der Waals surface area (Å²) in [6.45, 7) is 4.06. The van der Waals surface area contributed by atoms with Crippen molar-refractivity contribution in [1.29, 1.82) is 0 Å². The van der Waals surface area contributed by atoms with Gasteiger partial charge >= 0.3 is 5.97 Å². The van der Waals surface area contributed by atoms with E-state index in [0.717, 1.165) is 12.1 Å². The molecule has 1 aliphatic rings. The molecule has 0 bridgehead atoms. The molecule has 1 aromatic rings. The Bertz CT molecular complexity index is 563. The number of benzene rings is 1. The molecule has 0 saturated carbocycles. The number of carbonyl (C=O) groups excluding carboxylic acids is 1. The Morgan fingerprint density at radius 1 is 1.38 bits per heavy atom. The summed E-state index contributed by atoms with van der Waals surface area (Å²) >= 11 is 0. The van der Waals surface area contributed by atoms with Gasteiger partial charge in [-0.2, -0.15) is 5.10 Å². The highest BCUT2D eigenvalue weighted by molar-refractivity contribution is 6.37. The van der Waals surface area contributed by atoms with Crippen LogP contribution in [0, 0.1) is 11.6 Å². The second-order valence-electron chi connectivity index (χ2n) is 4.32. The number of hydrogen-bond donors (Lipinski definition) is 0. The lowest BCUT2D eigenvalue weighted by Gasteiger charge is -2.23. The Hall–Kier alpha value is -2.02. The van der Waals surface area contributed by atoms with E-state index in [-0.39, 0.29) is 24.4 Å². The monoisotopic (exact) mass is 298 g/mol. The van der Waals surface area contributed by atoms with Crippen molar-refractivity contribution in [1.82, 2.24) is 0 Å². The van der Waals surface area contributed by atoms with Crippen molar-refractivity contribution in [2.75, 3.05) is 18.2 Å². The third-order valence-corrected chi connectivity index (χ3v) is 2.90. The average Bonchev–Trinajstić information content (AvgIpc) is 2.83. The van der Waals surface area contributed by atoms with Crippen LogP contribution in [0.5, 0.6) is 0 Å². The fraction of sp³-hybridized carbons (Fsp3) is 0.429. The first-order chi connectivity index (χ1) is 10.1. The van der Waals surface area contributed by atoms with Crippen LogP contribution in [0.3, 0.4) is 0 Å². The Kier molecular flexibility index (Phi) is 4.85. The van der Waals surface area contributed by atoms with Crippen molar-refractivity contribution < 1.29 is 23.0 Å². The van der Waals surface area contributed by atoms with Crippen molar-refractivity contribution in [2.45, 2.75) is 26.5 Å². The molecule has 1 aliphatic heterocycles. The van der Waals surface area contributed by atoms with Gasteiger partial charge < -0.3 is 9.47 Å². The van der Waals surface area contributed by atoms with Crippen LogP contribution in [0.4, 0.5) is 14.5 Å². The summed E-state index contributed by atoms with van der Waals surface area (Å²) in [7, 11) is 0. The summed E-state index contributed by atoms with van der Waals surface area (Å²) in [5, 5.41) is 5.30. The van der Waals surface area contributed by atoms with Gasteiger partial charge in [-0.25, -0.2) is 18.6 Å². The van der Waals surface area contributed by atoms with Crippen LogP contribution in [0.15, 0.2) is 23.3 Å². The maximum Gasteiger partial charge on any atom is 0.354 e. The second-order valence-corrected chi connectivity index (χ2v) is 4.32. The Balaban J connectivity index is 2.30. The maximum absolute atomic E-state index is 13.9. The standard InChI is InChI=1S/C14H16F2N2O3/c1-3-20-13-8-11(14(19)21-4-2)17-18(13)12-6-5-9(15)7-10(12)16/h5-7,13H,3-4,8H2,1-2H3/t13-/m0/s1. The number of halogens is 2. The predicted molar refractivity (Wildman–Crippen MR) is 72.9 cm³/mol. The summed E-state index contributed by atoms with van der Waals surface area (Å²) in [6.07, 6.45) is -0.432. The Labute approximate surface area is 121 Å². The summed E-state index contributed by atoms with van der Waals surface area (Å²) in [4.78, 5) is 11.7. The third-order valence-electron chi connectivity index (χ3n) is 2.90. The Morgan fingerprint density at radius 2 is 2.14 bits per heavy atom. The minimum absolute atomic E-state index is 0.0501. The highest BCUT2D eigenvalue weighted by Gasteiger charge is 2.33. The SMILES string of the molecule is CCOC(=O)C1=NN(c2ccc(F)cc2F)[C@@H](OCC)C1. The van der Waals surface area contributed by atoms with Crippen LogP contribution in [0.2, 0.25) is 0 Å². The number of hydrogen-bond acceptors (Lipinski definition) is 5. The summed E-state index contributed by atoms with van der Waals surface area (Å²) in [5.74, 6) is -2.02. The summed E-state index contributed by atoms with van der Waals surface area (Å²) in [5.41, 5.74) is 0.202. The van der Waals surface area contributed by atoms with Gasteiger partial charge in [-0.15, -0.1) is 0 Å². The molecule has 21 heavy (non-hydrogen) atoms. The van der Waals surface area contributed by atoms with Crippen LogP contribution in [-0.2, 0) is 14.3 Å². The topological polar surface area (TPSA) is 51.1 Å². The minimum Gasteiger partial charge on any atom is -0.461 e. The van der Waals surface area contributed by atoms with Crippen LogP contribution in [0.1, 0.15) is 20.3 Å². The number of anilines is 1. The lowest BCUT2D eigenvalue weighted by Crippen LogP contribution is -2.30. The zero-order valence-electron chi connectivity index (χ0n) is 11.8. The number of esters is 1. The number of nitrogens with zero attached hydrogens (tertiary/aromatic N) is 2. The molecule has 0 unspecified atom stereocenters. The van der Waals surface area contributed by atoms with Crippen molar-refractivity contribution in [3.05, 3.63) is 29.8 Å². The first kappa shape index (κ1) is 15.4. The first-order valence-electron chi connectivity index (χ1n) is 6.67. The Morgan fingerprint density at radius 3 is 2.76 bits per heavy atom. The van der Waals surface area contributed by atoms with Gasteiger partial charge in [-0.05, 0) is 26.0 Å². The number of rotatable bonds is 5. The van der Waals surface area contributed by atoms with Gasteiger partial charge in [0.25, 0.3) is 0 Å². The molecule has 1 heterocycles. The quantitative estimate of drug-likeness (QED) is 0.784. The molecule has 7 heteroatoms. The van der Waals surface area contributed by atoms with Crippen molar-refractivity contribution >= 4 is 17.4 Å². The molecule has 0 amide bonds. The maximum atomic E-state index is 13.9. The van der Waals surface area contributed by atoms with E-state index < -0.39 is 23.8 Å². The molecular weight excluding hydrogens is 282 g/mol. The number of carbonyl (C=O) groups is 1. The highest BCUT2D eigenvalue weighted by atomic mass is 19.1. The fourth-order valence-electron chi connectivity index (χ4n) is 2.02. The van der Waals surface area contributed by atoms with Gasteiger partial charge in [0.1, 0.15) is 5.82 Å². The summed E-state index contributed by atoms with van der Waals surface area (Å²) in [6, 6.07) is 3.14. The van der Waals surface area contributed by atoms with Gasteiger partial charge in [-0.3, -0.25) is 0 Å². The normalized spacial score (nSPS) is 17.8. The molecular formula is C14H16F2N2O3. The van der Waals surface area contributed by atoms with Gasteiger partial charge in [0, 0.05) is 19.1 Å². The molecule has 0 fully saturated rings. The average molecular weight is 298 g/mol. The number of ether oxygens (including phenoxy) is 2. The highest BCUT2D eigenvalue weighted by Crippen LogP contribution is 2.28. The molecule has 1 aromatic carbocycles. The van der Waals surface area contributed by atoms with Gasteiger partial charge in [0.05, 0.1) is 12.3 Å². The predicted octanol–water partition coefficient (Wildman–Crippen LogP) is 2.46. The molecule has 0 aliphatic carbocycles. The summed E-state index contributed by atoms with van der Waals surface area (Å²) < 4.78 is 37.2. The molecule has 0 saturated heterocycles. The van der Waals surface area contributed by atoms with Gasteiger partial charge in [0.15, 0.2) is 17.8 Å². The second kappa shape index (κ2) is 6.62. The lowest BCUT2D eigenvalue weighted by atomic mass is 10.2. The van der Waals surface area contributed by atoms with E-state index in [2.05, 4.69) is 5.10 Å². The molecule has 1 atom stereocenters. The third kappa shape index (κ3) is 3.36. The lowest BCUT2D eigenvalue weighted by molar-refractivity contribution is -0.135. The minimum atomic E-state index is -0.770. The molecule has 0 aromatic heterocycles. The van der Waals surface area contributed by atoms with Crippen molar-refractivity contribution in [2.24, 2.45) is 5.10 Å². The van der Waals surface area contributed by atoms with Gasteiger partial charge in [0.2, 0.25) is 0 Å². The molecule has 5 nitrogen and oxygen atoms in total. The van der Waals surface area contributed by atoms with Crippen LogP contribution in [0.25, 0.3) is 0 Å². The van der Waals surface area contributed by atoms with E-state index in [1.165, 1.54) is 11.1 Å². The van der Waals surface area contributed by atoms with Crippen LogP contribution >= 0.6 is 0 Å². The molecule has 0 N–H and O–H groups in total. The van der Waals surface area contributed by atoms with E-state index in [1.54, 1.807) is 13.8 Å². The molecule has 0 radical (unpaired) electrons. The zero-order chi connectivity index (χ0) is 15.4. The van der Waals surface area contributed by atoms with E-state index in [1.807, 2.05) is 0 Å².